The Balaban J connectivity index is 1.32. The molecule has 0 aliphatic rings. The number of carboxylic acid groups (broad SMARTS) is 1. The van der Waals surface area contributed by atoms with Gasteiger partial charge in [0.25, 0.3) is 0 Å². The molecule has 0 unspecified atom stereocenters. The maximum Gasteiger partial charge on any atom is 0.175 e. The van der Waals surface area contributed by atoms with E-state index in [0.717, 1.165) is 16.5 Å². The lowest BCUT2D eigenvalue weighted by atomic mass is 10.0. The number of carboxylic acids is 1. The van der Waals surface area contributed by atoms with Crippen LogP contribution in [0.1, 0.15) is 11.1 Å². The third-order valence-electron chi connectivity index (χ3n) is 4.83. The number of ether oxygens (including phenoxy) is 2. The molecule has 3 aromatic carbocycles. The normalized spacial score (nSPS) is 10.9. The molecular weight excluding hydrogens is 380 g/mol. The number of carbonyl (C=O) groups excluding carboxylic acids is 1. The van der Waals surface area contributed by atoms with E-state index in [4.69, 9.17) is 13.9 Å². The van der Waals surface area contributed by atoms with Crippen molar-refractivity contribution in [3.63, 3.8) is 0 Å². The van der Waals surface area contributed by atoms with Crippen LogP contribution in [-0.4, -0.2) is 19.2 Å². The van der Waals surface area contributed by atoms with Crippen molar-refractivity contribution < 1.29 is 23.8 Å². The Morgan fingerprint density at radius 1 is 0.900 bits per heavy atom. The summed E-state index contributed by atoms with van der Waals surface area (Å²) in [5.74, 6) is -0.883. The highest BCUT2D eigenvalue weighted by atomic mass is 16.5. The SMILES string of the molecule is O=C([O-])COc1cccc2c(CCOCc3ccc(-c4ccccc4)cc3)coc12. The molecule has 0 spiro atoms. The molecule has 0 radical (unpaired) electrons. The van der Waals surface area contributed by atoms with E-state index in [1.54, 1.807) is 18.4 Å². The van der Waals surface area contributed by atoms with Gasteiger partial charge in [-0.05, 0) is 29.2 Å². The van der Waals surface area contributed by atoms with Crippen LogP contribution in [0.5, 0.6) is 5.75 Å². The number of hydrogen-bond acceptors (Lipinski definition) is 5. The lowest BCUT2D eigenvalue weighted by Gasteiger charge is -2.07. The lowest BCUT2D eigenvalue weighted by molar-refractivity contribution is -0.307. The van der Waals surface area contributed by atoms with Crippen molar-refractivity contribution in [3.05, 3.63) is 90.2 Å². The van der Waals surface area contributed by atoms with E-state index in [9.17, 15) is 9.90 Å². The van der Waals surface area contributed by atoms with Crippen LogP contribution in [0, 0.1) is 0 Å². The smallest absolute Gasteiger partial charge is 0.175 e. The topological polar surface area (TPSA) is 71.7 Å². The Morgan fingerprint density at radius 3 is 2.43 bits per heavy atom. The molecular formula is C25H21O5-. The molecule has 152 valence electrons. The van der Waals surface area contributed by atoms with Crippen LogP contribution in [0.25, 0.3) is 22.1 Å². The van der Waals surface area contributed by atoms with Gasteiger partial charge in [0.1, 0.15) is 6.61 Å². The fourth-order valence-corrected chi connectivity index (χ4v) is 3.32. The van der Waals surface area contributed by atoms with Crippen LogP contribution in [0.2, 0.25) is 0 Å². The van der Waals surface area contributed by atoms with E-state index in [-0.39, 0.29) is 0 Å². The summed E-state index contributed by atoms with van der Waals surface area (Å²) in [5.41, 5.74) is 5.01. The second-order valence-electron chi connectivity index (χ2n) is 6.92. The van der Waals surface area contributed by atoms with Crippen molar-refractivity contribution in [2.45, 2.75) is 13.0 Å². The van der Waals surface area contributed by atoms with Crippen LogP contribution < -0.4 is 9.84 Å². The van der Waals surface area contributed by atoms with E-state index in [0.29, 0.717) is 31.0 Å². The number of benzene rings is 3. The van der Waals surface area contributed by atoms with Gasteiger partial charge in [-0.1, -0.05) is 66.7 Å². The van der Waals surface area contributed by atoms with E-state index in [1.165, 1.54) is 11.1 Å². The van der Waals surface area contributed by atoms with Gasteiger partial charge < -0.3 is 23.8 Å². The van der Waals surface area contributed by atoms with Gasteiger partial charge in [0.05, 0.1) is 25.4 Å². The van der Waals surface area contributed by atoms with Crippen molar-refractivity contribution in [2.24, 2.45) is 0 Å². The van der Waals surface area contributed by atoms with Gasteiger partial charge in [0.15, 0.2) is 11.3 Å². The summed E-state index contributed by atoms with van der Waals surface area (Å²) >= 11 is 0. The number of carbonyl (C=O) groups is 1. The quantitative estimate of drug-likeness (QED) is 0.397. The van der Waals surface area contributed by atoms with Crippen LogP contribution in [0.4, 0.5) is 0 Å². The average Bonchev–Trinajstić information content (AvgIpc) is 3.20. The van der Waals surface area contributed by atoms with Gasteiger partial charge in [0.2, 0.25) is 0 Å². The van der Waals surface area contributed by atoms with Gasteiger partial charge >= 0.3 is 0 Å². The molecule has 0 atom stereocenters. The molecule has 30 heavy (non-hydrogen) atoms. The van der Waals surface area contributed by atoms with Gasteiger partial charge in [-0.2, -0.15) is 0 Å². The summed E-state index contributed by atoms with van der Waals surface area (Å²) in [5, 5.41) is 11.5. The van der Waals surface area contributed by atoms with Crippen molar-refractivity contribution in [1.29, 1.82) is 0 Å². The third-order valence-corrected chi connectivity index (χ3v) is 4.83. The molecule has 5 nitrogen and oxygen atoms in total. The average molecular weight is 401 g/mol. The fourth-order valence-electron chi connectivity index (χ4n) is 3.32. The first-order valence-electron chi connectivity index (χ1n) is 9.74. The monoisotopic (exact) mass is 401 g/mol. The summed E-state index contributed by atoms with van der Waals surface area (Å²) in [6.07, 6.45) is 2.34. The first-order chi connectivity index (χ1) is 14.7. The minimum absolute atomic E-state index is 0.391. The highest BCUT2D eigenvalue weighted by molar-refractivity contribution is 5.86. The first kappa shape index (κ1) is 19.7. The maximum atomic E-state index is 10.6. The summed E-state index contributed by atoms with van der Waals surface area (Å²) in [6, 6.07) is 24.0. The summed E-state index contributed by atoms with van der Waals surface area (Å²) in [7, 11) is 0. The highest BCUT2D eigenvalue weighted by Crippen LogP contribution is 2.30. The van der Waals surface area contributed by atoms with Crippen molar-refractivity contribution >= 4 is 16.9 Å². The van der Waals surface area contributed by atoms with E-state index < -0.39 is 12.6 Å². The van der Waals surface area contributed by atoms with Crippen molar-refractivity contribution in [2.75, 3.05) is 13.2 Å². The second-order valence-corrected chi connectivity index (χ2v) is 6.92. The van der Waals surface area contributed by atoms with Crippen LogP contribution in [-0.2, 0) is 22.6 Å². The molecule has 1 heterocycles. The van der Waals surface area contributed by atoms with Gasteiger partial charge in [0, 0.05) is 10.9 Å². The Hall–Kier alpha value is -3.57. The Labute approximate surface area is 174 Å². The third kappa shape index (κ3) is 4.70. The molecule has 0 amide bonds. The van der Waals surface area contributed by atoms with Gasteiger partial charge in [-0.3, -0.25) is 0 Å². The van der Waals surface area contributed by atoms with E-state index in [2.05, 4.69) is 36.4 Å². The van der Waals surface area contributed by atoms with Crippen molar-refractivity contribution in [3.8, 4) is 16.9 Å². The lowest BCUT2D eigenvalue weighted by Crippen LogP contribution is -2.28. The summed E-state index contributed by atoms with van der Waals surface area (Å²) in [4.78, 5) is 10.6. The van der Waals surface area contributed by atoms with Crippen molar-refractivity contribution in [1.82, 2.24) is 0 Å². The minimum atomic E-state index is -1.27. The molecule has 0 N–H and O–H groups in total. The zero-order valence-corrected chi connectivity index (χ0v) is 16.4. The van der Waals surface area contributed by atoms with Gasteiger partial charge in [-0.25, -0.2) is 0 Å². The largest absolute Gasteiger partial charge is 0.546 e. The first-order valence-corrected chi connectivity index (χ1v) is 9.74. The second kappa shape index (κ2) is 9.29. The number of hydrogen-bond donors (Lipinski definition) is 0. The number of rotatable bonds is 9. The van der Waals surface area contributed by atoms with Crippen LogP contribution in [0.3, 0.4) is 0 Å². The van der Waals surface area contributed by atoms with Crippen LogP contribution in [0.15, 0.2) is 83.5 Å². The summed E-state index contributed by atoms with van der Waals surface area (Å²) in [6.45, 7) is 0.561. The molecule has 0 saturated heterocycles. The van der Waals surface area contributed by atoms with Gasteiger partial charge in [-0.15, -0.1) is 0 Å². The summed E-state index contributed by atoms with van der Waals surface area (Å²) < 4.78 is 16.7. The van der Waals surface area contributed by atoms with Crippen LogP contribution >= 0.6 is 0 Å². The molecule has 0 saturated carbocycles. The molecule has 5 heteroatoms. The maximum absolute atomic E-state index is 10.6. The Morgan fingerprint density at radius 2 is 1.67 bits per heavy atom. The highest BCUT2D eigenvalue weighted by Gasteiger charge is 2.11. The fraction of sp³-hybridized carbons (Fsp3) is 0.160. The Kier molecular flexibility index (Phi) is 6.11. The molecule has 0 bridgehead atoms. The number of para-hydroxylation sites is 1. The standard InChI is InChI=1S/C25H22O5/c26-24(27)17-29-23-8-4-7-22-21(16-30-25(22)23)13-14-28-15-18-9-11-20(12-10-18)19-5-2-1-3-6-19/h1-12,16H,13-15,17H2,(H,26,27)/p-1. The predicted molar refractivity (Wildman–Crippen MR) is 112 cm³/mol. The number of aliphatic carboxylic acids is 1. The number of fused-ring (bicyclic) bond motifs is 1. The molecule has 1 aromatic heterocycles. The molecule has 0 aliphatic heterocycles. The predicted octanol–water partition coefficient (Wildman–Crippen LogP) is 3.99. The minimum Gasteiger partial charge on any atom is -0.546 e. The molecule has 4 aromatic rings. The molecule has 4 rings (SSSR count). The zero-order chi connectivity index (χ0) is 20.8. The Bertz CT molecular complexity index is 1110. The van der Waals surface area contributed by atoms with E-state index in [1.807, 2.05) is 24.3 Å². The number of furan rings is 1. The molecule has 0 fully saturated rings. The zero-order valence-electron chi connectivity index (χ0n) is 16.4. The molecule has 0 aliphatic carbocycles. The van der Waals surface area contributed by atoms with E-state index >= 15 is 0 Å².